The van der Waals surface area contributed by atoms with Crippen molar-refractivity contribution < 1.29 is 9.53 Å². The van der Waals surface area contributed by atoms with Gasteiger partial charge in [0.15, 0.2) is 0 Å². The molecule has 0 aliphatic carbocycles. The van der Waals surface area contributed by atoms with Gasteiger partial charge >= 0.3 is 6.03 Å². The number of carbonyl (C=O) groups excluding carboxylic acids is 1. The van der Waals surface area contributed by atoms with Crippen LogP contribution in [0.4, 0.5) is 10.6 Å². The van der Waals surface area contributed by atoms with Gasteiger partial charge in [-0.2, -0.15) is 10.2 Å². The van der Waals surface area contributed by atoms with Crippen LogP contribution >= 0.6 is 0 Å². The Bertz CT molecular complexity index is 963. The number of primary amides is 1. The van der Waals surface area contributed by atoms with Gasteiger partial charge in [0.05, 0.1) is 6.20 Å². The molecular formula is C19H18N6O2. The molecule has 8 heteroatoms. The van der Waals surface area contributed by atoms with Crippen molar-refractivity contribution in [1.29, 1.82) is 0 Å². The van der Waals surface area contributed by atoms with Crippen molar-refractivity contribution in [2.45, 2.75) is 19.4 Å². The van der Waals surface area contributed by atoms with Crippen LogP contribution in [0.15, 0.2) is 49.1 Å². The van der Waals surface area contributed by atoms with Crippen LogP contribution in [0.2, 0.25) is 0 Å². The number of hydrogen-bond donors (Lipinski definition) is 1. The predicted molar refractivity (Wildman–Crippen MR) is 99.1 cm³/mol. The van der Waals surface area contributed by atoms with E-state index in [4.69, 9.17) is 10.5 Å². The number of ether oxygens (including phenoxy) is 1. The molecule has 0 saturated heterocycles. The maximum Gasteiger partial charge on any atom is 0.320 e. The number of aryl methyl sites for hydroxylation is 1. The second-order valence-corrected chi connectivity index (χ2v) is 6.21. The topological polar surface area (TPSA) is 107 Å². The molecule has 4 rings (SSSR count). The summed E-state index contributed by atoms with van der Waals surface area (Å²) in [6, 6.07) is 7.12. The molecule has 8 nitrogen and oxygen atoms in total. The van der Waals surface area contributed by atoms with E-state index < -0.39 is 6.03 Å². The first-order valence-corrected chi connectivity index (χ1v) is 8.61. The van der Waals surface area contributed by atoms with Crippen LogP contribution < -0.4 is 15.4 Å². The highest BCUT2D eigenvalue weighted by Crippen LogP contribution is 2.30. The molecule has 0 spiro atoms. The zero-order valence-corrected chi connectivity index (χ0v) is 14.6. The summed E-state index contributed by atoms with van der Waals surface area (Å²) in [5.41, 5.74) is 8.99. The average Bonchev–Trinajstić information content (AvgIpc) is 2.72. The van der Waals surface area contributed by atoms with E-state index in [2.05, 4.69) is 20.2 Å². The summed E-state index contributed by atoms with van der Waals surface area (Å²) in [6.07, 6.45) is 8.47. The molecule has 0 atom stereocenters. The largest absolute Gasteiger partial charge is 0.486 e. The summed E-state index contributed by atoms with van der Waals surface area (Å²) in [7, 11) is 0. The standard InChI is InChI=1S/C19H18N6O2/c20-19(26)25-6-2-3-13-7-14(10-22-18(13)25)15-8-17(11-21-9-15)27-12-16-4-1-5-23-24-16/h1,4-5,7-11H,2-3,6,12H2,(H2,20,26). The predicted octanol–water partition coefficient (Wildman–Crippen LogP) is 2.34. The van der Waals surface area contributed by atoms with E-state index in [1.807, 2.05) is 24.3 Å². The summed E-state index contributed by atoms with van der Waals surface area (Å²) in [6.45, 7) is 0.914. The van der Waals surface area contributed by atoms with Crippen LogP contribution in [0.1, 0.15) is 17.7 Å². The molecular weight excluding hydrogens is 344 g/mol. The highest BCUT2D eigenvalue weighted by Gasteiger charge is 2.22. The third-order valence-corrected chi connectivity index (χ3v) is 4.35. The quantitative estimate of drug-likeness (QED) is 0.763. The zero-order chi connectivity index (χ0) is 18.6. The fourth-order valence-electron chi connectivity index (χ4n) is 3.06. The fraction of sp³-hybridized carbons (Fsp3) is 0.211. The van der Waals surface area contributed by atoms with Gasteiger partial charge in [0, 0.05) is 36.3 Å². The molecule has 0 saturated carbocycles. The number of rotatable bonds is 4. The highest BCUT2D eigenvalue weighted by atomic mass is 16.5. The van der Waals surface area contributed by atoms with Crippen molar-refractivity contribution in [1.82, 2.24) is 20.2 Å². The summed E-state index contributed by atoms with van der Waals surface area (Å²) < 4.78 is 5.76. The van der Waals surface area contributed by atoms with Crippen LogP contribution in [0, 0.1) is 0 Å². The lowest BCUT2D eigenvalue weighted by atomic mass is 10.0. The number of nitrogens with two attached hydrogens (primary N) is 1. The SMILES string of the molecule is NC(=O)N1CCCc2cc(-c3cncc(OCc4cccnn4)c3)cnc21. The summed E-state index contributed by atoms with van der Waals surface area (Å²) in [5.74, 6) is 1.27. The highest BCUT2D eigenvalue weighted by molar-refractivity contribution is 5.91. The molecule has 0 unspecified atom stereocenters. The van der Waals surface area contributed by atoms with E-state index in [1.54, 1.807) is 24.8 Å². The molecule has 136 valence electrons. The maximum absolute atomic E-state index is 11.6. The van der Waals surface area contributed by atoms with Crippen LogP contribution in [-0.4, -0.2) is 32.7 Å². The van der Waals surface area contributed by atoms with Gasteiger partial charge in [0.1, 0.15) is 23.9 Å². The lowest BCUT2D eigenvalue weighted by Crippen LogP contribution is -2.40. The molecule has 1 aliphatic heterocycles. The fourth-order valence-corrected chi connectivity index (χ4v) is 3.06. The molecule has 0 aromatic carbocycles. The Morgan fingerprint density at radius 2 is 2.11 bits per heavy atom. The molecule has 3 aromatic rings. The molecule has 2 amide bonds. The number of hydrogen-bond acceptors (Lipinski definition) is 6. The molecule has 2 N–H and O–H groups in total. The number of urea groups is 1. The summed E-state index contributed by atoms with van der Waals surface area (Å²) in [4.78, 5) is 21.8. The third kappa shape index (κ3) is 3.69. The zero-order valence-electron chi connectivity index (χ0n) is 14.6. The van der Waals surface area contributed by atoms with Gasteiger partial charge in [-0.1, -0.05) is 0 Å². The average molecular weight is 362 g/mol. The molecule has 27 heavy (non-hydrogen) atoms. The first-order valence-electron chi connectivity index (χ1n) is 8.61. The van der Waals surface area contributed by atoms with Crippen LogP contribution in [0.3, 0.4) is 0 Å². The van der Waals surface area contributed by atoms with E-state index in [9.17, 15) is 4.79 Å². The molecule has 4 heterocycles. The minimum atomic E-state index is -0.475. The van der Waals surface area contributed by atoms with Crippen molar-refractivity contribution >= 4 is 11.8 Å². The van der Waals surface area contributed by atoms with Gasteiger partial charge < -0.3 is 10.5 Å². The first kappa shape index (κ1) is 16.9. The van der Waals surface area contributed by atoms with E-state index in [1.165, 1.54) is 4.90 Å². The summed E-state index contributed by atoms with van der Waals surface area (Å²) >= 11 is 0. The number of nitrogens with zero attached hydrogens (tertiary/aromatic N) is 5. The monoisotopic (exact) mass is 362 g/mol. The minimum Gasteiger partial charge on any atom is -0.486 e. The van der Waals surface area contributed by atoms with Crippen molar-refractivity contribution in [3.63, 3.8) is 0 Å². The van der Waals surface area contributed by atoms with E-state index in [-0.39, 0.29) is 0 Å². The van der Waals surface area contributed by atoms with Crippen LogP contribution in [0.5, 0.6) is 5.75 Å². The first-order chi connectivity index (χ1) is 13.2. The normalized spacial score (nSPS) is 13.1. The number of fused-ring (bicyclic) bond motifs is 1. The van der Waals surface area contributed by atoms with Gasteiger partial charge in [0.2, 0.25) is 0 Å². The van der Waals surface area contributed by atoms with E-state index in [0.29, 0.717) is 24.7 Å². The Labute approximate surface area is 156 Å². The maximum atomic E-state index is 11.6. The lowest BCUT2D eigenvalue weighted by molar-refractivity contribution is 0.253. The van der Waals surface area contributed by atoms with Gasteiger partial charge in [-0.25, -0.2) is 9.78 Å². The molecule has 0 radical (unpaired) electrons. The second kappa shape index (κ2) is 7.36. The Morgan fingerprint density at radius 1 is 1.22 bits per heavy atom. The van der Waals surface area contributed by atoms with Crippen molar-refractivity contribution in [2.24, 2.45) is 5.73 Å². The molecule has 0 fully saturated rings. The van der Waals surface area contributed by atoms with E-state index in [0.717, 1.165) is 35.2 Å². The van der Waals surface area contributed by atoms with Gasteiger partial charge in [0.25, 0.3) is 0 Å². The van der Waals surface area contributed by atoms with Crippen molar-refractivity contribution in [3.8, 4) is 16.9 Å². The van der Waals surface area contributed by atoms with Gasteiger partial charge in [-0.3, -0.25) is 9.88 Å². The number of pyridine rings is 2. The number of aromatic nitrogens is 4. The molecule has 1 aliphatic rings. The number of amides is 2. The van der Waals surface area contributed by atoms with E-state index >= 15 is 0 Å². The number of anilines is 1. The van der Waals surface area contributed by atoms with Gasteiger partial charge in [-0.05, 0) is 42.7 Å². The third-order valence-electron chi connectivity index (χ3n) is 4.35. The van der Waals surface area contributed by atoms with Crippen molar-refractivity contribution in [3.05, 3.63) is 60.3 Å². The van der Waals surface area contributed by atoms with Crippen LogP contribution in [0.25, 0.3) is 11.1 Å². The Morgan fingerprint density at radius 3 is 2.93 bits per heavy atom. The Balaban J connectivity index is 1.56. The molecule has 3 aromatic heterocycles. The minimum absolute atomic E-state index is 0.314. The lowest BCUT2D eigenvalue weighted by Gasteiger charge is -2.26. The molecule has 0 bridgehead atoms. The summed E-state index contributed by atoms with van der Waals surface area (Å²) in [5, 5.41) is 7.83. The van der Waals surface area contributed by atoms with Crippen LogP contribution in [-0.2, 0) is 13.0 Å². The Kier molecular flexibility index (Phi) is 4.61. The number of carbonyl (C=O) groups is 1. The smallest absolute Gasteiger partial charge is 0.320 e. The van der Waals surface area contributed by atoms with Gasteiger partial charge in [-0.15, -0.1) is 0 Å². The Hall–Kier alpha value is -3.55. The second-order valence-electron chi connectivity index (χ2n) is 6.21. The van der Waals surface area contributed by atoms with Crippen molar-refractivity contribution in [2.75, 3.05) is 11.4 Å².